The van der Waals surface area contributed by atoms with Gasteiger partial charge in [0.2, 0.25) is 0 Å². The molecule has 0 radical (unpaired) electrons. The molecule has 0 spiro atoms. The number of nitriles is 1. The van der Waals surface area contributed by atoms with E-state index in [1.165, 1.54) is 13.0 Å². The van der Waals surface area contributed by atoms with Gasteiger partial charge in [-0.25, -0.2) is 13.2 Å². The molecule has 0 bridgehead atoms. The van der Waals surface area contributed by atoms with Crippen molar-refractivity contribution in [2.24, 2.45) is 0 Å². The first-order chi connectivity index (χ1) is 9.92. The van der Waals surface area contributed by atoms with Gasteiger partial charge in [0, 0.05) is 6.07 Å². The van der Waals surface area contributed by atoms with Crippen LogP contribution in [0, 0.1) is 35.7 Å². The number of hydrogen-bond acceptors (Lipinski definition) is 2. The zero-order valence-corrected chi connectivity index (χ0v) is 10.9. The molecule has 0 aliphatic heterocycles. The van der Waals surface area contributed by atoms with Gasteiger partial charge in [-0.2, -0.15) is 5.26 Å². The highest BCUT2D eigenvalue weighted by Gasteiger charge is 2.16. The summed E-state index contributed by atoms with van der Waals surface area (Å²) in [6, 6.07) is 6.60. The second-order valence-electron chi connectivity index (χ2n) is 4.34. The van der Waals surface area contributed by atoms with Crippen molar-refractivity contribution in [2.75, 3.05) is 5.32 Å². The Hall–Kier alpha value is -2.81. The fourth-order valence-electron chi connectivity index (χ4n) is 1.74. The van der Waals surface area contributed by atoms with Gasteiger partial charge in [-0.1, -0.05) is 0 Å². The van der Waals surface area contributed by atoms with Gasteiger partial charge in [-0.3, -0.25) is 4.79 Å². The third kappa shape index (κ3) is 3.03. The van der Waals surface area contributed by atoms with E-state index in [4.69, 9.17) is 5.26 Å². The van der Waals surface area contributed by atoms with Gasteiger partial charge in [0.25, 0.3) is 5.91 Å². The Balaban J connectivity index is 2.35. The molecule has 0 saturated carbocycles. The Morgan fingerprint density at radius 2 is 1.86 bits per heavy atom. The maximum atomic E-state index is 13.6. The van der Waals surface area contributed by atoms with Crippen LogP contribution in [0.25, 0.3) is 0 Å². The number of benzene rings is 2. The molecule has 0 aromatic heterocycles. The molecule has 3 nitrogen and oxygen atoms in total. The average Bonchev–Trinajstić information content (AvgIpc) is 2.44. The van der Waals surface area contributed by atoms with Crippen molar-refractivity contribution in [3.8, 4) is 6.07 Å². The van der Waals surface area contributed by atoms with Crippen molar-refractivity contribution in [3.05, 3.63) is 64.5 Å². The lowest BCUT2D eigenvalue weighted by Crippen LogP contribution is -2.15. The summed E-state index contributed by atoms with van der Waals surface area (Å²) in [6.07, 6.45) is 0. The van der Waals surface area contributed by atoms with E-state index in [1.807, 2.05) is 0 Å². The number of carbonyl (C=O) groups is 1. The molecule has 106 valence electrons. The maximum Gasteiger partial charge on any atom is 0.258 e. The van der Waals surface area contributed by atoms with Crippen LogP contribution in [0.15, 0.2) is 30.3 Å². The van der Waals surface area contributed by atoms with Crippen LogP contribution in [0.3, 0.4) is 0 Å². The van der Waals surface area contributed by atoms with E-state index in [0.717, 1.165) is 18.2 Å². The van der Waals surface area contributed by atoms with Crippen LogP contribution < -0.4 is 5.32 Å². The molecule has 0 heterocycles. The highest BCUT2D eigenvalue weighted by Crippen LogP contribution is 2.19. The van der Waals surface area contributed by atoms with Crippen molar-refractivity contribution >= 4 is 11.6 Å². The maximum absolute atomic E-state index is 13.6. The Morgan fingerprint density at radius 3 is 2.52 bits per heavy atom. The summed E-state index contributed by atoms with van der Waals surface area (Å²) in [7, 11) is 0. The van der Waals surface area contributed by atoms with Crippen molar-refractivity contribution in [3.63, 3.8) is 0 Å². The lowest BCUT2D eigenvalue weighted by Gasteiger charge is -2.09. The predicted molar refractivity (Wildman–Crippen MR) is 70.2 cm³/mol. The minimum atomic E-state index is -1.02. The molecule has 0 aliphatic carbocycles. The molecule has 0 saturated heterocycles. The van der Waals surface area contributed by atoms with E-state index < -0.39 is 23.4 Å². The Morgan fingerprint density at radius 1 is 1.14 bits per heavy atom. The molecule has 0 aliphatic rings. The van der Waals surface area contributed by atoms with Crippen LogP contribution in [0.2, 0.25) is 0 Å². The largest absolute Gasteiger partial charge is 0.321 e. The standard InChI is InChI=1S/C15H9F3N2O/c1-8-4-11(13(18)6-12(8)17)15(21)20-14-3-2-10(16)5-9(14)7-19/h2-6H,1H3,(H,20,21). The van der Waals surface area contributed by atoms with Gasteiger partial charge in [-0.15, -0.1) is 0 Å². The number of nitrogens with zero attached hydrogens (tertiary/aromatic N) is 1. The minimum absolute atomic E-state index is 0.0466. The van der Waals surface area contributed by atoms with Crippen molar-refractivity contribution < 1.29 is 18.0 Å². The molecule has 21 heavy (non-hydrogen) atoms. The predicted octanol–water partition coefficient (Wildman–Crippen LogP) is 3.54. The monoisotopic (exact) mass is 290 g/mol. The number of carbonyl (C=O) groups excluding carboxylic acids is 1. The zero-order valence-electron chi connectivity index (χ0n) is 10.9. The highest BCUT2D eigenvalue weighted by atomic mass is 19.1. The topological polar surface area (TPSA) is 52.9 Å². The number of aryl methyl sites for hydroxylation is 1. The van der Waals surface area contributed by atoms with Crippen LogP contribution in [0.4, 0.5) is 18.9 Å². The van der Waals surface area contributed by atoms with Gasteiger partial charge in [0.15, 0.2) is 0 Å². The van der Waals surface area contributed by atoms with E-state index in [1.54, 1.807) is 6.07 Å². The second kappa shape index (κ2) is 5.67. The van der Waals surface area contributed by atoms with E-state index in [0.29, 0.717) is 6.07 Å². The normalized spacial score (nSPS) is 10.0. The minimum Gasteiger partial charge on any atom is -0.321 e. The third-order valence-corrected chi connectivity index (χ3v) is 2.84. The van der Waals surface area contributed by atoms with Crippen LogP contribution >= 0.6 is 0 Å². The van der Waals surface area contributed by atoms with Gasteiger partial charge in [0.05, 0.1) is 16.8 Å². The molecule has 1 amide bonds. The van der Waals surface area contributed by atoms with E-state index >= 15 is 0 Å². The van der Waals surface area contributed by atoms with E-state index in [9.17, 15) is 18.0 Å². The van der Waals surface area contributed by atoms with Gasteiger partial charge < -0.3 is 5.32 Å². The first kappa shape index (κ1) is 14.6. The SMILES string of the molecule is Cc1cc(C(=O)Nc2ccc(F)cc2C#N)c(F)cc1F. The van der Waals surface area contributed by atoms with Gasteiger partial charge >= 0.3 is 0 Å². The van der Waals surface area contributed by atoms with Gasteiger partial charge in [-0.05, 0) is 36.8 Å². The van der Waals surface area contributed by atoms with E-state index in [2.05, 4.69) is 5.32 Å². The zero-order chi connectivity index (χ0) is 15.6. The summed E-state index contributed by atoms with van der Waals surface area (Å²) >= 11 is 0. The van der Waals surface area contributed by atoms with Crippen molar-refractivity contribution in [1.82, 2.24) is 0 Å². The summed E-state index contributed by atoms with van der Waals surface area (Å²) in [6.45, 7) is 1.39. The quantitative estimate of drug-likeness (QED) is 0.919. The number of nitrogens with one attached hydrogen (secondary N) is 1. The van der Waals surface area contributed by atoms with Crippen LogP contribution in [-0.2, 0) is 0 Å². The number of anilines is 1. The molecule has 2 aromatic rings. The lowest BCUT2D eigenvalue weighted by molar-refractivity contribution is 0.102. The first-order valence-electron chi connectivity index (χ1n) is 5.89. The Bertz CT molecular complexity index is 766. The number of halogens is 3. The summed E-state index contributed by atoms with van der Waals surface area (Å²) < 4.78 is 39.8. The first-order valence-corrected chi connectivity index (χ1v) is 5.89. The lowest BCUT2D eigenvalue weighted by atomic mass is 10.1. The summed E-state index contributed by atoms with van der Waals surface area (Å²) in [4.78, 5) is 12.0. The molecule has 0 unspecified atom stereocenters. The molecular weight excluding hydrogens is 281 g/mol. The molecule has 0 atom stereocenters. The van der Waals surface area contributed by atoms with Crippen LogP contribution in [0.5, 0.6) is 0 Å². The number of hydrogen-bond donors (Lipinski definition) is 1. The molecule has 0 fully saturated rings. The molecular formula is C15H9F3N2O. The van der Waals surface area contributed by atoms with Crippen molar-refractivity contribution in [2.45, 2.75) is 6.92 Å². The fraction of sp³-hybridized carbons (Fsp3) is 0.0667. The number of amides is 1. The molecule has 1 N–H and O–H groups in total. The highest BCUT2D eigenvalue weighted by molar-refractivity contribution is 6.05. The molecule has 2 rings (SSSR count). The van der Waals surface area contributed by atoms with E-state index in [-0.39, 0.29) is 22.4 Å². The second-order valence-corrected chi connectivity index (χ2v) is 4.34. The smallest absolute Gasteiger partial charge is 0.258 e. The van der Waals surface area contributed by atoms with Gasteiger partial charge in [0.1, 0.15) is 23.5 Å². The average molecular weight is 290 g/mol. The molecule has 6 heteroatoms. The summed E-state index contributed by atoms with van der Waals surface area (Å²) in [5.41, 5.74) is -0.295. The summed E-state index contributed by atoms with van der Waals surface area (Å²) in [5, 5.41) is 11.2. The summed E-state index contributed by atoms with van der Waals surface area (Å²) in [5.74, 6) is -3.26. The Labute approximate surface area is 118 Å². The molecule has 2 aromatic carbocycles. The van der Waals surface area contributed by atoms with Crippen LogP contribution in [0.1, 0.15) is 21.5 Å². The van der Waals surface area contributed by atoms with Crippen LogP contribution in [-0.4, -0.2) is 5.91 Å². The number of rotatable bonds is 2. The Kier molecular flexibility index (Phi) is 3.94. The fourth-order valence-corrected chi connectivity index (χ4v) is 1.74. The van der Waals surface area contributed by atoms with Crippen molar-refractivity contribution in [1.29, 1.82) is 5.26 Å². The third-order valence-electron chi connectivity index (χ3n) is 2.84.